The first-order valence-electron chi connectivity index (χ1n) is 5.67. The molecule has 0 unspecified atom stereocenters. The number of aromatic carboxylic acids is 1. The molecule has 0 bridgehead atoms. The first-order chi connectivity index (χ1) is 9.47. The Morgan fingerprint density at radius 2 is 1.90 bits per heavy atom. The molecule has 102 valence electrons. The number of carbonyl (C=O) groups is 2. The highest BCUT2D eigenvalue weighted by Crippen LogP contribution is 2.20. The van der Waals surface area contributed by atoms with Crippen LogP contribution < -0.4 is 11.1 Å². The van der Waals surface area contributed by atoms with Gasteiger partial charge >= 0.3 is 5.97 Å². The molecule has 0 aliphatic heterocycles. The predicted octanol–water partition coefficient (Wildman–Crippen LogP) is 2.82. The lowest BCUT2D eigenvalue weighted by atomic mass is 10.1. The number of halogens is 1. The first kappa shape index (κ1) is 14.3. The van der Waals surface area contributed by atoms with Gasteiger partial charge in [-0.1, -0.05) is 6.07 Å². The molecule has 0 fully saturated rings. The van der Waals surface area contributed by atoms with E-state index in [0.717, 1.165) is 3.57 Å². The molecule has 0 radical (unpaired) electrons. The average Bonchev–Trinajstić information content (AvgIpc) is 2.40. The van der Waals surface area contributed by atoms with Crippen molar-refractivity contribution in [3.05, 3.63) is 57.2 Å². The van der Waals surface area contributed by atoms with Crippen LogP contribution in [0.5, 0.6) is 0 Å². The van der Waals surface area contributed by atoms with Crippen molar-refractivity contribution in [2.24, 2.45) is 0 Å². The van der Waals surface area contributed by atoms with Gasteiger partial charge in [0.15, 0.2) is 0 Å². The SMILES string of the molecule is Nc1ccc(NC(=O)c2cccc(I)c2)c(C(=O)O)c1. The van der Waals surface area contributed by atoms with Gasteiger partial charge < -0.3 is 16.2 Å². The normalized spacial score (nSPS) is 10.1. The van der Waals surface area contributed by atoms with Crippen LogP contribution in [-0.4, -0.2) is 17.0 Å². The number of hydrogen-bond acceptors (Lipinski definition) is 3. The summed E-state index contributed by atoms with van der Waals surface area (Å²) in [6, 6.07) is 11.3. The maximum Gasteiger partial charge on any atom is 0.337 e. The molecule has 20 heavy (non-hydrogen) atoms. The molecule has 4 N–H and O–H groups in total. The second-order valence-corrected chi connectivity index (χ2v) is 5.32. The molecule has 0 aliphatic carbocycles. The summed E-state index contributed by atoms with van der Waals surface area (Å²) in [6.07, 6.45) is 0. The molecule has 0 saturated heterocycles. The van der Waals surface area contributed by atoms with Gasteiger partial charge in [-0.3, -0.25) is 4.79 Å². The van der Waals surface area contributed by atoms with Crippen LogP contribution in [0.3, 0.4) is 0 Å². The van der Waals surface area contributed by atoms with Gasteiger partial charge in [0.2, 0.25) is 0 Å². The van der Waals surface area contributed by atoms with Crippen molar-refractivity contribution in [2.75, 3.05) is 11.1 Å². The minimum Gasteiger partial charge on any atom is -0.478 e. The fraction of sp³-hybridized carbons (Fsp3) is 0. The number of benzene rings is 2. The third kappa shape index (κ3) is 3.27. The number of nitrogens with two attached hydrogens (primary N) is 1. The minimum absolute atomic E-state index is 0.0380. The largest absolute Gasteiger partial charge is 0.478 e. The van der Waals surface area contributed by atoms with E-state index in [2.05, 4.69) is 27.9 Å². The zero-order valence-corrected chi connectivity index (χ0v) is 12.4. The Balaban J connectivity index is 2.30. The molecule has 0 heterocycles. The van der Waals surface area contributed by atoms with E-state index in [1.54, 1.807) is 18.2 Å². The highest BCUT2D eigenvalue weighted by Gasteiger charge is 2.14. The molecule has 0 saturated carbocycles. The Bertz CT molecular complexity index is 686. The summed E-state index contributed by atoms with van der Waals surface area (Å²) in [4.78, 5) is 23.2. The Kier molecular flexibility index (Phi) is 4.23. The molecular formula is C14H11IN2O3. The van der Waals surface area contributed by atoms with Crippen LogP contribution >= 0.6 is 22.6 Å². The molecule has 0 aliphatic rings. The third-order valence-electron chi connectivity index (χ3n) is 2.61. The number of nitrogen functional groups attached to an aromatic ring is 1. The van der Waals surface area contributed by atoms with Gasteiger partial charge in [-0.2, -0.15) is 0 Å². The summed E-state index contributed by atoms with van der Waals surface area (Å²) in [5.41, 5.74) is 6.52. The Hall–Kier alpha value is -2.09. The summed E-state index contributed by atoms with van der Waals surface area (Å²) in [5, 5.41) is 11.7. The van der Waals surface area contributed by atoms with Crippen LogP contribution in [0.2, 0.25) is 0 Å². The monoisotopic (exact) mass is 382 g/mol. The molecule has 5 nitrogen and oxygen atoms in total. The van der Waals surface area contributed by atoms with E-state index >= 15 is 0 Å². The third-order valence-corrected chi connectivity index (χ3v) is 3.28. The smallest absolute Gasteiger partial charge is 0.337 e. The molecule has 1 amide bonds. The standard InChI is InChI=1S/C14H11IN2O3/c15-9-3-1-2-8(6-9)13(18)17-12-5-4-10(16)7-11(12)14(19)20/h1-7H,16H2,(H,17,18)(H,19,20). The number of carboxylic acids is 1. The van der Waals surface area contributed by atoms with Gasteiger partial charge in [0.1, 0.15) is 0 Å². The van der Waals surface area contributed by atoms with Crippen molar-refractivity contribution < 1.29 is 14.7 Å². The van der Waals surface area contributed by atoms with Gasteiger partial charge in [0.05, 0.1) is 11.3 Å². The molecule has 0 spiro atoms. The molecule has 2 aromatic carbocycles. The Labute approximate surface area is 128 Å². The summed E-state index contributed by atoms with van der Waals surface area (Å²) >= 11 is 2.10. The molecule has 0 atom stereocenters. The average molecular weight is 382 g/mol. The number of carbonyl (C=O) groups excluding carboxylic acids is 1. The molecule has 0 aromatic heterocycles. The summed E-state index contributed by atoms with van der Waals surface area (Å²) < 4.78 is 0.922. The lowest BCUT2D eigenvalue weighted by Gasteiger charge is -2.09. The number of nitrogens with one attached hydrogen (secondary N) is 1. The zero-order valence-electron chi connectivity index (χ0n) is 10.3. The van der Waals surface area contributed by atoms with Crippen molar-refractivity contribution in [1.29, 1.82) is 0 Å². The minimum atomic E-state index is -1.14. The lowest BCUT2D eigenvalue weighted by Crippen LogP contribution is -2.15. The number of rotatable bonds is 3. The molecular weight excluding hydrogens is 371 g/mol. The maximum absolute atomic E-state index is 12.1. The quantitative estimate of drug-likeness (QED) is 0.562. The summed E-state index contributed by atoms with van der Waals surface area (Å²) in [5.74, 6) is -1.51. The van der Waals surface area contributed by atoms with Crippen molar-refractivity contribution in [2.45, 2.75) is 0 Å². The van der Waals surface area contributed by atoms with Gasteiger partial charge in [-0.15, -0.1) is 0 Å². The van der Waals surface area contributed by atoms with Crippen LogP contribution in [-0.2, 0) is 0 Å². The topological polar surface area (TPSA) is 92.4 Å². The van der Waals surface area contributed by atoms with Gasteiger partial charge in [-0.25, -0.2) is 4.79 Å². The van der Waals surface area contributed by atoms with Crippen LogP contribution in [0.15, 0.2) is 42.5 Å². The highest BCUT2D eigenvalue weighted by atomic mass is 127. The van der Waals surface area contributed by atoms with E-state index in [4.69, 9.17) is 10.8 Å². The maximum atomic E-state index is 12.1. The van der Waals surface area contributed by atoms with Gasteiger partial charge in [0.25, 0.3) is 5.91 Å². The molecule has 2 aromatic rings. The van der Waals surface area contributed by atoms with E-state index in [1.807, 2.05) is 6.07 Å². The van der Waals surface area contributed by atoms with Crippen molar-refractivity contribution in [3.63, 3.8) is 0 Å². The van der Waals surface area contributed by atoms with E-state index in [1.165, 1.54) is 18.2 Å². The summed E-state index contributed by atoms with van der Waals surface area (Å²) in [6.45, 7) is 0. The van der Waals surface area contributed by atoms with Crippen molar-refractivity contribution >= 4 is 45.8 Å². The highest BCUT2D eigenvalue weighted by molar-refractivity contribution is 14.1. The summed E-state index contributed by atoms with van der Waals surface area (Å²) in [7, 11) is 0. The molecule has 2 rings (SSSR count). The van der Waals surface area contributed by atoms with Crippen molar-refractivity contribution in [3.8, 4) is 0 Å². The van der Waals surface area contributed by atoms with E-state index in [-0.39, 0.29) is 17.2 Å². The van der Waals surface area contributed by atoms with Gasteiger partial charge in [0, 0.05) is 14.8 Å². The number of hydrogen-bond donors (Lipinski definition) is 3. The second kappa shape index (κ2) is 5.91. The number of amides is 1. The van der Waals surface area contributed by atoms with Crippen LogP contribution in [0.1, 0.15) is 20.7 Å². The van der Waals surface area contributed by atoms with E-state index in [9.17, 15) is 9.59 Å². The van der Waals surface area contributed by atoms with Crippen LogP contribution in [0.25, 0.3) is 0 Å². The zero-order chi connectivity index (χ0) is 14.7. The second-order valence-electron chi connectivity index (χ2n) is 4.07. The fourth-order valence-corrected chi connectivity index (χ4v) is 2.22. The van der Waals surface area contributed by atoms with Crippen LogP contribution in [0.4, 0.5) is 11.4 Å². The lowest BCUT2D eigenvalue weighted by molar-refractivity contribution is 0.0698. The van der Waals surface area contributed by atoms with Gasteiger partial charge in [-0.05, 0) is 59.0 Å². The fourth-order valence-electron chi connectivity index (χ4n) is 1.67. The van der Waals surface area contributed by atoms with Crippen LogP contribution in [0, 0.1) is 3.57 Å². The number of carboxylic acid groups (broad SMARTS) is 1. The molecule has 6 heteroatoms. The Morgan fingerprint density at radius 3 is 2.55 bits per heavy atom. The predicted molar refractivity (Wildman–Crippen MR) is 84.9 cm³/mol. The Morgan fingerprint density at radius 1 is 1.15 bits per heavy atom. The van der Waals surface area contributed by atoms with Crippen molar-refractivity contribution in [1.82, 2.24) is 0 Å². The van der Waals surface area contributed by atoms with E-state index < -0.39 is 5.97 Å². The van der Waals surface area contributed by atoms with E-state index in [0.29, 0.717) is 11.3 Å². The number of anilines is 2. The first-order valence-corrected chi connectivity index (χ1v) is 6.75.